The average Bonchev–Trinajstić information content (AvgIpc) is 2.88. The Morgan fingerprint density at radius 1 is 1.03 bits per heavy atom. The number of aromatic nitrogens is 2. The highest BCUT2D eigenvalue weighted by molar-refractivity contribution is 7.92. The smallest absolute Gasteiger partial charge is 0.247 e. The normalized spacial score (nSPS) is 11.0. The molecular weight excluding hydrogens is 520 g/mol. The van der Waals surface area contributed by atoms with Crippen molar-refractivity contribution >= 4 is 56.1 Å². The molecule has 39 heavy (non-hydrogen) atoms. The molecule has 1 aromatic heterocycles. The van der Waals surface area contributed by atoms with Crippen LogP contribution in [0.3, 0.4) is 0 Å². The van der Waals surface area contributed by atoms with Crippen LogP contribution in [0.2, 0.25) is 0 Å². The Bertz CT molecular complexity index is 1430. The summed E-state index contributed by atoms with van der Waals surface area (Å²) in [6.07, 6.45) is 3.84. The molecule has 0 aliphatic heterocycles. The number of likely N-dealkylation sites (N-methyl/N-ethyl adjacent to an activating group) is 2. The SMILES string of the molecule is C=CC(=O)Nc1cc(Nc2nccc(Nc3ccccc3NS(C)(=O)=O)n2)c(OC)cc1N(C)CCN(C)C. The van der Waals surface area contributed by atoms with E-state index in [4.69, 9.17) is 4.74 Å². The molecule has 0 saturated heterocycles. The van der Waals surface area contributed by atoms with Crippen LogP contribution in [0.1, 0.15) is 0 Å². The van der Waals surface area contributed by atoms with Crippen molar-refractivity contribution in [2.75, 3.05) is 73.2 Å². The van der Waals surface area contributed by atoms with Crippen LogP contribution in [0.15, 0.2) is 61.3 Å². The maximum Gasteiger partial charge on any atom is 0.247 e. The van der Waals surface area contributed by atoms with Crippen molar-refractivity contribution in [1.29, 1.82) is 0 Å². The average molecular weight is 555 g/mol. The minimum absolute atomic E-state index is 0.251. The summed E-state index contributed by atoms with van der Waals surface area (Å²) in [5.41, 5.74) is 2.74. The molecule has 0 saturated carbocycles. The first-order chi connectivity index (χ1) is 18.5. The molecular formula is C26H34N8O4S. The molecule has 0 aliphatic rings. The van der Waals surface area contributed by atoms with E-state index in [9.17, 15) is 13.2 Å². The summed E-state index contributed by atoms with van der Waals surface area (Å²) in [5.74, 6) is 0.844. The quantitative estimate of drug-likeness (QED) is 0.232. The summed E-state index contributed by atoms with van der Waals surface area (Å²) < 4.78 is 31.6. The highest BCUT2D eigenvalue weighted by Crippen LogP contribution is 2.38. The number of ether oxygens (including phenoxy) is 1. The van der Waals surface area contributed by atoms with Crippen LogP contribution in [-0.2, 0) is 14.8 Å². The van der Waals surface area contributed by atoms with E-state index in [-0.39, 0.29) is 11.9 Å². The van der Waals surface area contributed by atoms with Crippen LogP contribution in [0.5, 0.6) is 5.75 Å². The summed E-state index contributed by atoms with van der Waals surface area (Å²) in [5, 5.41) is 9.12. The van der Waals surface area contributed by atoms with Crippen molar-refractivity contribution in [2.45, 2.75) is 0 Å². The molecule has 1 amide bonds. The first-order valence-electron chi connectivity index (χ1n) is 11.9. The van der Waals surface area contributed by atoms with Gasteiger partial charge in [-0.15, -0.1) is 0 Å². The van der Waals surface area contributed by atoms with E-state index < -0.39 is 10.0 Å². The van der Waals surface area contributed by atoms with Gasteiger partial charge in [0.25, 0.3) is 0 Å². The fourth-order valence-electron chi connectivity index (χ4n) is 3.53. The van der Waals surface area contributed by atoms with Gasteiger partial charge in [-0.1, -0.05) is 18.7 Å². The molecule has 0 aliphatic carbocycles. The van der Waals surface area contributed by atoms with Crippen LogP contribution in [0.4, 0.5) is 40.2 Å². The maximum absolute atomic E-state index is 12.2. The lowest BCUT2D eigenvalue weighted by Crippen LogP contribution is -2.29. The Labute approximate surface area is 229 Å². The van der Waals surface area contributed by atoms with Crippen LogP contribution in [0, 0.1) is 0 Å². The molecule has 3 rings (SSSR count). The third-order valence-electron chi connectivity index (χ3n) is 5.44. The van der Waals surface area contributed by atoms with Crippen LogP contribution in [0.25, 0.3) is 0 Å². The van der Waals surface area contributed by atoms with E-state index in [1.807, 2.05) is 32.1 Å². The Hall–Kier alpha value is -4.36. The Morgan fingerprint density at radius 3 is 2.38 bits per heavy atom. The molecule has 12 nitrogen and oxygen atoms in total. The highest BCUT2D eigenvalue weighted by Gasteiger charge is 2.17. The summed E-state index contributed by atoms with van der Waals surface area (Å²) in [7, 11) is 4.00. The monoisotopic (exact) mass is 554 g/mol. The van der Waals surface area contributed by atoms with E-state index in [1.54, 1.807) is 49.7 Å². The van der Waals surface area contributed by atoms with Crippen LogP contribution >= 0.6 is 0 Å². The number of hydrogen-bond acceptors (Lipinski definition) is 10. The number of sulfonamides is 1. The fourth-order valence-corrected chi connectivity index (χ4v) is 4.11. The summed E-state index contributed by atoms with van der Waals surface area (Å²) in [6, 6.07) is 12.1. The van der Waals surface area contributed by atoms with Gasteiger partial charge in [-0.2, -0.15) is 4.98 Å². The second-order valence-electron chi connectivity index (χ2n) is 8.92. The van der Waals surface area contributed by atoms with E-state index in [2.05, 4.69) is 42.1 Å². The third kappa shape index (κ3) is 8.58. The Kier molecular flexibility index (Phi) is 9.68. The molecule has 0 fully saturated rings. The number of nitrogens with one attached hydrogen (secondary N) is 4. The van der Waals surface area contributed by atoms with Gasteiger partial charge in [-0.25, -0.2) is 13.4 Å². The van der Waals surface area contributed by atoms with E-state index >= 15 is 0 Å². The maximum atomic E-state index is 12.2. The fraction of sp³-hybridized carbons (Fsp3) is 0.269. The first kappa shape index (κ1) is 29.2. The van der Waals surface area contributed by atoms with E-state index in [0.29, 0.717) is 40.9 Å². The molecule has 1 heterocycles. The van der Waals surface area contributed by atoms with Gasteiger partial charge in [0, 0.05) is 32.4 Å². The number of amides is 1. The van der Waals surface area contributed by atoms with Crippen molar-refractivity contribution in [2.24, 2.45) is 0 Å². The Morgan fingerprint density at radius 2 is 1.74 bits per heavy atom. The number of hydrogen-bond donors (Lipinski definition) is 4. The number of carbonyl (C=O) groups excluding carboxylic acids is 1. The number of anilines is 7. The van der Waals surface area contributed by atoms with Crippen molar-refractivity contribution in [1.82, 2.24) is 14.9 Å². The molecule has 0 spiro atoms. The number of carbonyl (C=O) groups is 1. The number of para-hydroxylation sites is 2. The second-order valence-corrected chi connectivity index (χ2v) is 10.7. The van der Waals surface area contributed by atoms with Crippen LogP contribution in [-0.4, -0.2) is 76.8 Å². The first-order valence-corrected chi connectivity index (χ1v) is 13.8. The lowest BCUT2D eigenvalue weighted by Gasteiger charge is -2.26. The molecule has 208 valence electrons. The zero-order valence-electron chi connectivity index (χ0n) is 22.6. The largest absolute Gasteiger partial charge is 0.494 e. The molecule has 0 unspecified atom stereocenters. The topological polar surface area (TPSA) is 141 Å². The number of rotatable bonds is 13. The van der Waals surface area contributed by atoms with Gasteiger partial charge in [-0.3, -0.25) is 9.52 Å². The van der Waals surface area contributed by atoms with Gasteiger partial charge in [-0.05, 0) is 44.4 Å². The van der Waals surface area contributed by atoms with Crippen molar-refractivity contribution in [3.05, 3.63) is 61.3 Å². The molecule has 0 bridgehead atoms. The highest BCUT2D eigenvalue weighted by atomic mass is 32.2. The van der Waals surface area contributed by atoms with E-state index in [1.165, 1.54) is 6.08 Å². The van der Waals surface area contributed by atoms with E-state index in [0.717, 1.165) is 18.5 Å². The number of nitrogens with zero attached hydrogens (tertiary/aromatic N) is 4. The van der Waals surface area contributed by atoms with Gasteiger partial charge in [0.15, 0.2) is 0 Å². The molecule has 0 atom stereocenters. The Balaban J connectivity index is 1.92. The molecule has 4 N–H and O–H groups in total. The third-order valence-corrected chi connectivity index (χ3v) is 6.03. The standard InChI is InChI=1S/C26H34N8O4S/c1-7-25(35)29-20-16-21(23(38-5)17-22(20)34(4)15-14-33(2)3)30-26-27-13-12-24(31-26)28-18-10-8-9-11-19(18)32-39(6,36)37/h7-13,16-17,32H,1,14-15H2,2-6H3,(H,29,35)(H2,27,28,30,31). The zero-order chi connectivity index (χ0) is 28.6. The number of methoxy groups -OCH3 is 1. The van der Waals surface area contributed by atoms with Gasteiger partial charge in [0.05, 0.1) is 41.8 Å². The molecule has 13 heteroatoms. The predicted molar refractivity (Wildman–Crippen MR) is 157 cm³/mol. The molecule has 3 aromatic rings. The number of benzene rings is 2. The lowest BCUT2D eigenvalue weighted by atomic mass is 10.2. The summed E-state index contributed by atoms with van der Waals surface area (Å²) in [4.78, 5) is 25.1. The second kappa shape index (κ2) is 12.9. The minimum Gasteiger partial charge on any atom is -0.494 e. The lowest BCUT2D eigenvalue weighted by molar-refractivity contribution is -0.111. The van der Waals surface area contributed by atoms with Gasteiger partial charge >= 0.3 is 0 Å². The minimum atomic E-state index is -3.47. The summed E-state index contributed by atoms with van der Waals surface area (Å²) >= 11 is 0. The van der Waals surface area contributed by atoms with Gasteiger partial charge < -0.3 is 30.5 Å². The van der Waals surface area contributed by atoms with Gasteiger partial charge in [0.1, 0.15) is 11.6 Å². The molecule has 0 radical (unpaired) electrons. The predicted octanol–water partition coefficient (Wildman–Crippen LogP) is 3.47. The summed E-state index contributed by atoms with van der Waals surface area (Å²) in [6.45, 7) is 5.07. The van der Waals surface area contributed by atoms with Crippen molar-refractivity contribution in [3.8, 4) is 5.75 Å². The van der Waals surface area contributed by atoms with Gasteiger partial charge in [0.2, 0.25) is 21.9 Å². The van der Waals surface area contributed by atoms with Crippen molar-refractivity contribution < 1.29 is 17.9 Å². The molecule has 2 aromatic carbocycles. The van der Waals surface area contributed by atoms with Crippen LogP contribution < -0.4 is 30.3 Å². The van der Waals surface area contributed by atoms with Crippen molar-refractivity contribution in [3.63, 3.8) is 0 Å². The zero-order valence-corrected chi connectivity index (χ0v) is 23.5.